The average Bonchev–Trinajstić information content (AvgIpc) is 2.72. The normalized spacial score (nSPS) is 14.1. The van der Waals surface area contributed by atoms with E-state index in [0.717, 1.165) is 6.92 Å². The molecule has 0 aliphatic carbocycles. The molecule has 0 aliphatic rings. The molecular formula is C7H9F3N4O4S2. The fraction of sp³-hybridized carbons (Fsp3) is 0.571. The molecule has 1 aromatic heterocycles. The maximum absolute atomic E-state index is 12.0. The van der Waals surface area contributed by atoms with Crippen molar-refractivity contribution in [1.29, 1.82) is 0 Å². The number of carbonyl (C=O) groups excluding carboxylic acids is 1. The zero-order valence-corrected chi connectivity index (χ0v) is 11.4. The predicted molar refractivity (Wildman–Crippen MR) is 61.5 cm³/mol. The molecule has 0 saturated carbocycles. The van der Waals surface area contributed by atoms with Gasteiger partial charge >= 0.3 is 6.18 Å². The van der Waals surface area contributed by atoms with Crippen molar-refractivity contribution in [2.75, 3.05) is 11.9 Å². The molecule has 114 valence electrons. The smallest absolute Gasteiger partial charge is 0.382 e. The number of nitrogens with one attached hydrogen (secondary N) is 2. The van der Waals surface area contributed by atoms with Gasteiger partial charge in [-0.05, 0) is 0 Å². The summed E-state index contributed by atoms with van der Waals surface area (Å²) in [5.41, 5.74) is 0. The minimum absolute atomic E-state index is 0.116. The molecule has 0 bridgehead atoms. The minimum Gasteiger partial charge on any atom is -0.382 e. The van der Waals surface area contributed by atoms with Gasteiger partial charge in [-0.3, -0.25) is 4.79 Å². The Morgan fingerprint density at radius 1 is 1.45 bits per heavy atom. The van der Waals surface area contributed by atoms with Crippen molar-refractivity contribution < 1.29 is 31.5 Å². The molecule has 1 atom stereocenters. The van der Waals surface area contributed by atoms with E-state index in [9.17, 15) is 26.4 Å². The maximum atomic E-state index is 12.0. The third kappa shape index (κ3) is 4.66. The number of aliphatic hydroxyl groups is 1. The number of rotatable bonds is 5. The molecule has 0 saturated heterocycles. The quantitative estimate of drug-likeness (QED) is 0.636. The highest BCUT2D eigenvalue weighted by atomic mass is 32.2. The van der Waals surface area contributed by atoms with Crippen molar-refractivity contribution >= 4 is 32.4 Å². The molecule has 20 heavy (non-hydrogen) atoms. The van der Waals surface area contributed by atoms with Crippen LogP contribution < -0.4 is 10.0 Å². The summed E-state index contributed by atoms with van der Waals surface area (Å²) in [6.45, 7) is -0.0889. The summed E-state index contributed by atoms with van der Waals surface area (Å²) in [6.07, 6.45) is -7.77. The van der Waals surface area contributed by atoms with Gasteiger partial charge in [0.05, 0.1) is 0 Å². The van der Waals surface area contributed by atoms with E-state index < -0.39 is 39.1 Å². The first-order chi connectivity index (χ1) is 9.02. The Bertz CT molecular complexity index is 585. The highest BCUT2D eigenvalue weighted by Gasteiger charge is 2.39. The molecule has 1 rings (SSSR count). The van der Waals surface area contributed by atoms with E-state index in [0.29, 0.717) is 11.3 Å². The van der Waals surface area contributed by atoms with Crippen LogP contribution in [0.25, 0.3) is 0 Å². The molecular weight excluding hydrogens is 325 g/mol. The number of nitrogens with zero attached hydrogens (tertiary/aromatic N) is 2. The number of aromatic nitrogens is 2. The Morgan fingerprint density at radius 2 is 2.05 bits per heavy atom. The van der Waals surface area contributed by atoms with E-state index in [1.54, 1.807) is 4.72 Å². The van der Waals surface area contributed by atoms with Gasteiger partial charge in [0.1, 0.15) is 0 Å². The van der Waals surface area contributed by atoms with Gasteiger partial charge in [0.25, 0.3) is 10.0 Å². The Balaban J connectivity index is 2.74. The summed E-state index contributed by atoms with van der Waals surface area (Å²) in [5, 5.41) is 17.3. The molecule has 0 spiro atoms. The van der Waals surface area contributed by atoms with Crippen molar-refractivity contribution in [2.24, 2.45) is 0 Å². The van der Waals surface area contributed by atoms with Crippen molar-refractivity contribution in [3.05, 3.63) is 0 Å². The highest BCUT2D eigenvalue weighted by Crippen LogP contribution is 2.22. The number of aliphatic hydroxyl groups excluding tert-OH is 1. The molecule has 1 aromatic rings. The van der Waals surface area contributed by atoms with Gasteiger partial charge in [-0.1, -0.05) is 11.3 Å². The lowest BCUT2D eigenvalue weighted by Crippen LogP contribution is -2.40. The monoisotopic (exact) mass is 334 g/mol. The van der Waals surface area contributed by atoms with Crippen LogP contribution in [0.2, 0.25) is 0 Å². The fourth-order valence-corrected chi connectivity index (χ4v) is 2.91. The summed E-state index contributed by atoms with van der Waals surface area (Å²) in [7, 11) is -4.35. The molecule has 13 heteroatoms. The van der Waals surface area contributed by atoms with Crippen molar-refractivity contribution in [1.82, 2.24) is 14.9 Å². The van der Waals surface area contributed by atoms with Gasteiger partial charge < -0.3 is 10.4 Å². The van der Waals surface area contributed by atoms with Gasteiger partial charge in [0.2, 0.25) is 15.4 Å². The number of sulfonamides is 1. The van der Waals surface area contributed by atoms with Crippen LogP contribution in [-0.4, -0.2) is 48.5 Å². The van der Waals surface area contributed by atoms with E-state index in [1.807, 2.05) is 0 Å². The standard InChI is InChI=1S/C7H9F3N4O4S2/c1-3(15)12-5-13-14-6(19-5)20(17,18)11-2-4(16)7(8,9)10/h4,11,16H,2H2,1H3,(H,12,13,15). The summed E-state index contributed by atoms with van der Waals surface area (Å²) < 4.78 is 60.1. The van der Waals surface area contributed by atoms with Crippen molar-refractivity contribution in [3.8, 4) is 0 Å². The zero-order chi connectivity index (χ0) is 15.6. The van der Waals surface area contributed by atoms with E-state index in [2.05, 4.69) is 15.5 Å². The largest absolute Gasteiger partial charge is 0.415 e. The number of amides is 1. The third-order valence-electron chi connectivity index (χ3n) is 1.76. The number of carbonyl (C=O) groups is 1. The molecule has 0 radical (unpaired) electrons. The van der Waals surface area contributed by atoms with Crippen LogP contribution in [0.4, 0.5) is 18.3 Å². The summed E-state index contributed by atoms with van der Waals surface area (Å²) in [4.78, 5) is 10.7. The van der Waals surface area contributed by atoms with Gasteiger partial charge in [0.15, 0.2) is 6.10 Å². The summed E-state index contributed by atoms with van der Waals surface area (Å²) in [5.74, 6) is -0.509. The van der Waals surface area contributed by atoms with Crippen molar-refractivity contribution in [3.63, 3.8) is 0 Å². The van der Waals surface area contributed by atoms with E-state index >= 15 is 0 Å². The van der Waals surface area contributed by atoms with Gasteiger partial charge in [0, 0.05) is 13.5 Å². The second kappa shape index (κ2) is 5.99. The average molecular weight is 334 g/mol. The predicted octanol–water partition coefficient (Wildman–Crippen LogP) is -0.302. The molecule has 0 fully saturated rings. The van der Waals surface area contributed by atoms with Crippen LogP contribution in [-0.2, 0) is 14.8 Å². The Labute approximate surface area is 115 Å². The van der Waals surface area contributed by atoms with Crippen LogP contribution in [0.3, 0.4) is 0 Å². The molecule has 1 unspecified atom stereocenters. The summed E-state index contributed by atoms with van der Waals surface area (Å²) in [6, 6.07) is 0. The number of halogens is 3. The molecule has 8 nitrogen and oxygen atoms in total. The van der Waals surface area contributed by atoms with E-state index in [-0.39, 0.29) is 5.13 Å². The Hall–Kier alpha value is -1.31. The molecule has 1 heterocycles. The van der Waals surface area contributed by atoms with Gasteiger partial charge in [-0.2, -0.15) is 13.2 Å². The van der Waals surface area contributed by atoms with Gasteiger partial charge in [-0.25, -0.2) is 13.1 Å². The lowest BCUT2D eigenvalue weighted by molar-refractivity contribution is -0.200. The highest BCUT2D eigenvalue weighted by molar-refractivity contribution is 7.91. The topological polar surface area (TPSA) is 121 Å². The first-order valence-electron chi connectivity index (χ1n) is 4.88. The SMILES string of the molecule is CC(=O)Nc1nnc(S(=O)(=O)NCC(O)C(F)(F)F)s1. The van der Waals surface area contributed by atoms with Crippen LogP contribution >= 0.6 is 11.3 Å². The number of alkyl halides is 3. The maximum Gasteiger partial charge on any atom is 0.415 e. The third-order valence-corrected chi connectivity index (χ3v) is 4.39. The van der Waals surface area contributed by atoms with E-state index in [4.69, 9.17) is 5.11 Å². The first-order valence-corrected chi connectivity index (χ1v) is 7.18. The molecule has 0 aromatic carbocycles. The first kappa shape index (κ1) is 16.7. The Morgan fingerprint density at radius 3 is 2.55 bits per heavy atom. The van der Waals surface area contributed by atoms with Crippen LogP contribution in [0.5, 0.6) is 0 Å². The molecule has 1 amide bonds. The lowest BCUT2D eigenvalue weighted by atomic mass is 10.4. The number of hydrogen-bond acceptors (Lipinski definition) is 7. The minimum atomic E-state index is -4.94. The Kier molecular flexibility index (Phi) is 5.01. The van der Waals surface area contributed by atoms with Crippen LogP contribution in [0.15, 0.2) is 4.34 Å². The number of anilines is 1. The lowest BCUT2D eigenvalue weighted by Gasteiger charge is -2.14. The van der Waals surface area contributed by atoms with Crippen molar-refractivity contribution in [2.45, 2.75) is 23.5 Å². The van der Waals surface area contributed by atoms with Crippen LogP contribution in [0.1, 0.15) is 6.92 Å². The molecule has 0 aliphatic heterocycles. The fourth-order valence-electron chi connectivity index (χ4n) is 0.886. The second-order valence-electron chi connectivity index (χ2n) is 3.46. The van der Waals surface area contributed by atoms with E-state index in [1.165, 1.54) is 0 Å². The second-order valence-corrected chi connectivity index (χ2v) is 6.38. The van der Waals surface area contributed by atoms with Crippen LogP contribution in [0, 0.1) is 0 Å². The summed E-state index contributed by atoms with van der Waals surface area (Å²) >= 11 is 0.460. The molecule has 3 N–H and O–H groups in total. The zero-order valence-electron chi connectivity index (χ0n) is 9.80. The number of hydrogen-bond donors (Lipinski definition) is 3. The van der Waals surface area contributed by atoms with Gasteiger partial charge in [-0.15, -0.1) is 10.2 Å².